The molecule has 142 valence electrons. The molecular formula is C23H15ClN2O3. The number of H-pyrrole nitrogens is 1. The molecule has 1 aromatic heterocycles. The highest BCUT2D eigenvalue weighted by molar-refractivity contribution is 6.32. The molecule has 0 atom stereocenters. The molecule has 0 spiro atoms. The number of fused-ring (bicyclic) bond motifs is 1. The van der Waals surface area contributed by atoms with Crippen molar-refractivity contribution in [1.82, 2.24) is 9.97 Å². The van der Waals surface area contributed by atoms with Crippen LogP contribution in [0.4, 0.5) is 0 Å². The Morgan fingerprint density at radius 3 is 2.66 bits per heavy atom. The lowest BCUT2D eigenvalue weighted by Gasteiger charge is -2.05. The maximum absolute atomic E-state index is 11.3. The molecule has 3 aromatic carbocycles. The highest BCUT2D eigenvalue weighted by atomic mass is 35.5. The molecule has 5 nitrogen and oxygen atoms in total. The molecule has 0 radical (unpaired) electrons. The number of hydrogen-bond donors (Lipinski definition) is 2. The molecule has 4 aromatic rings. The molecule has 2 N–H and O–H groups in total. The zero-order chi connectivity index (χ0) is 20.4. The van der Waals surface area contributed by atoms with Crippen LogP contribution >= 0.6 is 11.6 Å². The fourth-order valence-corrected chi connectivity index (χ4v) is 3.02. The summed E-state index contributed by atoms with van der Waals surface area (Å²) in [7, 11) is 0. The Labute approximate surface area is 171 Å². The van der Waals surface area contributed by atoms with Crippen molar-refractivity contribution in [3.8, 4) is 23.6 Å². The average Bonchev–Trinajstić information content (AvgIpc) is 3.09. The molecular weight excluding hydrogens is 388 g/mol. The van der Waals surface area contributed by atoms with Gasteiger partial charge in [-0.25, -0.2) is 4.79 Å². The number of carbonyl (C=O) groups is 1. The Kier molecular flexibility index (Phi) is 4.94. The molecule has 6 heteroatoms. The van der Waals surface area contributed by atoms with Crippen molar-refractivity contribution >= 4 is 28.6 Å². The fraction of sp³-hybridized carbons (Fsp3) is 0.0435. The van der Waals surface area contributed by atoms with Crippen LogP contribution in [0.1, 0.15) is 27.0 Å². The van der Waals surface area contributed by atoms with E-state index in [0.717, 1.165) is 5.56 Å². The van der Waals surface area contributed by atoms with Crippen LogP contribution in [0.25, 0.3) is 11.0 Å². The zero-order valence-electron chi connectivity index (χ0n) is 15.4. The van der Waals surface area contributed by atoms with E-state index in [0.29, 0.717) is 32.9 Å². The smallest absolute Gasteiger partial charge is 0.336 e. The van der Waals surface area contributed by atoms with Crippen molar-refractivity contribution in [2.24, 2.45) is 0 Å². The summed E-state index contributed by atoms with van der Waals surface area (Å²) in [6, 6.07) is 18.3. The molecule has 4 rings (SSSR count). The van der Waals surface area contributed by atoms with Gasteiger partial charge in [0, 0.05) is 11.1 Å². The maximum Gasteiger partial charge on any atom is 0.336 e. The number of aromatic nitrogens is 2. The van der Waals surface area contributed by atoms with Gasteiger partial charge in [0.15, 0.2) is 0 Å². The zero-order valence-corrected chi connectivity index (χ0v) is 16.1. The first-order valence-corrected chi connectivity index (χ1v) is 9.15. The third-order valence-corrected chi connectivity index (χ3v) is 4.63. The van der Waals surface area contributed by atoms with Gasteiger partial charge in [-0.2, -0.15) is 4.98 Å². The first kappa shape index (κ1) is 18.6. The minimum absolute atomic E-state index is 0.181. The van der Waals surface area contributed by atoms with Crippen molar-refractivity contribution in [1.29, 1.82) is 0 Å². The number of aryl methyl sites for hydroxylation is 1. The second-order valence-electron chi connectivity index (χ2n) is 6.39. The molecule has 0 fully saturated rings. The van der Waals surface area contributed by atoms with Crippen LogP contribution in [0.15, 0.2) is 60.7 Å². The Morgan fingerprint density at radius 1 is 1.10 bits per heavy atom. The van der Waals surface area contributed by atoms with Crippen molar-refractivity contribution in [2.75, 3.05) is 0 Å². The van der Waals surface area contributed by atoms with E-state index < -0.39 is 5.97 Å². The minimum atomic E-state index is -1.01. The number of hydrogen-bond acceptors (Lipinski definition) is 3. The van der Waals surface area contributed by atoms with Gasteiger partial charge in [0.1, 0.15) is 5.75 Å². The number of halogens is 1. The summed E-state index contributed by atoms with van der Waals surface area (Å²) in [4.78, 5) is 18.7. The van der Waals surface area contributed by atoms with E-state index in [1.54, 1.807) is 25.1 Å². The van der Waals surface area contributed by atoms with Crippen LogP contribution < -0.4 is 4.74 Å². The number of nitrogens with zero attached hydrogens (tertiary/aromatic N) is 1. The van der Waals surface area contributed by atoms with Gasteiger partial charge in [-0.1, -0.05) is 47.7 Å². The lowest BCUT2D eigenvalue weighted by atomic mass is 10.1. The summed E-state index contributed by atoms with van der Waals surface area (Å²) >= 11 is 6.35. The lowest BCUT2D eigenvalue weighted by molar-refractivity contribution is 0.0695. The van der Waals surface area contributed by atoms with Gasteiger partial charge in [-0.3, -0.25) is 0 Å². The van der Waals surface area contributed by atoms with Crippen molar-refractivity contribution in [2.45, 2.75) is 6.92 Å². The number of benzene rings is 3. The molecule has 0 saturated carbocycles. The summed E-state index contributed by atoms with van der Waals surface area (Å²) < 4.78 is 5.71. The molecule has 0 saturated heterocycles. The molecule has 1 heterocycles. The molecule has 0 aliphatic heterocycles. The van der Waals surface area contributed by atoms with Crippen LogP contribution in [0.5, 0.6) is 11.8 Å². The maximum atomic E-state index is 11.3. The SMILES string of the molecule is Cc1ccc(Oc2nc3cc(Cl)c(C#Cc4ccccc4)cc3[nH]2)cc1C(=O)O. The number of carboxylic acid groups (broad SMARTS) is 1. The summed E-state index contributed by atoms with van der Waals surface area (Å²) in [5, 5.41) is 9.75. The number of aromatic amines is 1. The van der Waals surface area contributed by atoms with Crippen LogP contribution in [0.3, 0.4) is 0 Å². The first-order chi connectivity index (χ1) is 14.0. The molecule has 0 aliphatic carbocycles. The number of nitrogens with one attached hydrogen (secondary N) is 1. The van der Waals surface area contributed by atoms with E-state index in [-0.39, 0.29) is 11.6 Å². The molecule has 0 unspecified atom stereocenters. The quantitative estimate of drug-likeness (QED) is 0.449. The van der Waals surface area contributed by atoms with E-state index in [2.05, 4.69) is 21.8 Å². The third kappa shape index (κ3) is 4.08. The average molecular weight is 403 g/mol. The predicted octanol–water partition coefficient (Wildman–Crippen LogP) is 5.42. The van der Waals surface area contributed by atoms with Gasteiger partial charge in [0.2, 0.25) is 0 Å². The van der Waals surface area contributed by atoms with Crippen LogP contribution in [0, 0.1) is 18.8 Å². The van der Waals surface area contributed by atoms with Crippen LogP contribution in [0.2, 0.25) is 5.02 Å². The van der Waals surface area contributed by atoms with Gasteiger partial charge in [-0.15, -0.1) is 0 Å². The van der Waals surface area contributed by atoms with Gasteiger partial charge in [-0.05, 0) is 48.9 Å². The normalized spacial score (nSPS) is 10.4. The summed E-state index contributed by atoms with van der Waals surface area (Å²) in [5.41, 5.74) is 3.74. The summed E-state index contributed by atoms with van der Waals surface area (Å²) in [6.45, 7) is 1.73. The van der Waals surface area contributed by atoms with Crippen molar-refractivity contribution in [3.63, 3.8) is 0 Å². The van der Waals surface area contributed by atoms with Gasteiger partial charge in [0.05, 0.1) is 21.6 Å². The van der Waals surface area contributed by atoms with E-state index in [9.17, 15) is 9.90 Å². The number of ether oxygens (including phenoxy) is 1. The van der Waals surface area contributed by atoms with Crippen LogP contribution in [-0.4, -0.2) is 21.0 Å². The monoisotopic (exact) mass is 402 g/mol. The lowest BCUT2D eigenvalue weighted by Crippen LogP contribution is -2.00. The highest BCUT2D eigenvalue weighted by Crippen LogP contribution is 2.27. The number of carboxylic acids is 1. The second kappa shape index (κ2) is 7.70. The predicted molar refractivity (Wildman–Crippen MR) is 112 cm³/mol. The summed E-state index contributed by atoms with van der Waals surface area (Å²) in [5.74, 6) is 5.52. The molecule has 0 bridgehead atoms. The Bertz CT molecular complexity index is 1280. The Morgan fingerprint density at radius 2 is 1.90 bits per heavy atom. The molecule has 29 heavy (non-hydrogen) atoms. The van der Waals surface area contributed by atoms with E-state index in [1.165, 1.54) is 6.07 Å². The topological polar surface area (TPSA) is 75.2 Å². The largest absolute Gasteiger partial charge is 0.478 e. The first-order valence-electron chi connectivity index (χ1n) is 8.78. The Balaban J connectivity index is 1.64. The van der Waals surface area contributed by atoms with E-state index in [1.807, 2.05) is 36.4 Å². The van der Waals surface area contributed by atoms with Gasteiger partial charge in [0.25, 0.3) is 6.01 Å². The fourth-order valence-electron chi connectivity index (χ4n) is 2.82. The van der Waals surface area contributed by atoms with E-state index in [4.69, 9.17) is 16.3 Å². The second-order valence-corrected chi connectivity index (χ2v) is 6.80. The minimum Gasteiger partial charge on any atom is -0.478 e. The van der Waals surface area contributed by atoms with Crippen molar-refractivity contribution < 1.29 is 14.6 Å². The highest BCUT2D eigenvalue weighted by Gasteiger charge is 2.12. The molecule has 0 amide bonds. The number of rotatable bonds is 3. The standard InChI is InChI=1S/C23H15ClN2O3/c1-14-7-10-17(12-18(14)22(27)28)29-23-25-20-11-16(19(24)13-21(20)26-23)9-8-15-5-3-2-4-6-15/h2-7,10-13H,1H3,(H,25,26)(H,27,28). The summed E-state index contributed by atoms with van der Waals surface area (Å²) in [6.07, 6.45) is 0. The van der Waals surface area contributed by atoms with Crippen LogP contribution in [-0.2, 0) is 0 Å². The number of imidazole rings is 1. The third-order valence-electron chi connectivity index (χ3n) is 4.32. The van der Waals surface area contributed by atoms with Crippen molar-refractivity contribution in [3.05, 3.63) is 87.9 Å². The number of aromatic carboxylic acids is 1. The molecule has 0 aliphatic rings. The van der Waals surface area contributed by atoms with Gasteiger partial charge < -0.3 is 14.8 Å². The van der Waals surface area contributed by atoms with Gasteiger partial charge >= 0.3 is 5.97 Å². The van der Waals surface area contributed by atoms with E-state index >= 15 is 0 Å². The Hall–Kier alpha value is -3.75.